The number of rotatable bonds is 4. The molecule has 0 saturated carbocycles. The molecule has 0 amide bonds. The van der Waals surface area contributed by atoms with Gasteiger partial charge < -0.3 is 5.32 Å². The van der Waals surface area contributed by atoms with Crippen molar-refractivity contribution in [2.24, 2.45) is 0 Å². The van der Waals surface area contributed by atoms with Crippen molar-refractivity contribution < 1.29 is 0 Å². The highest BCUT2D eigenvalue weighted by atomic mass is 127. The van der Waals surface area contributed by atoms with Crippen molar-refractivity contribution >= 4 is 38.5 Å². The fraction of sp³-hybridized carbons (Fsp3) is 0.200. The Balaban J connectivity index is 2.17. The Hall–Kier alpha value is -0.390. The van der Waals surface area contributed by atoms with E-state index in [2.05, 4.69) is 92.4 Å². The SMILES string of the molecule is CNC(Cc1cccc(Br)c1)c1ccc(I)cc1. The first-order chi connectivity index (χ1) is 8.69. The number of hydrogen-bond donors (Lipinski definition) is 1. The van der Waals surface area contributed by atoms with Crippen molar-refractivity contribution in [1.29, 1.82) is 0 Å². The zero-order chi connectivity index (χ0) is 13.0. The number of benzene rings is 2. The van der Waals surface area contributed by atoms with Crippen LogP contribution in [0.3, 0.4) is 0 Å². The Kier molecular flexibility index (Phi) is 5.21. The molecule has 94 valence electrons. The predicted molar refractivity (Wildman–Crippen MR) is 88.8 cm³/mol. The van der Waals surface area contributed by atoms with Crippen molar-refractivity contribution in [3.8, 4) is 0 Å². The predicted octanol–water partition coefficient (Wildman–Crippen LogP) is 4.56. The topological polar surface area (TPSA) is 12.0 Å². The van der Waals surface area contributed by atoms with Gasteiger partial charge in [0.05, 0.1) is 0 Å². The van der Waals surface area contributed by atoms with Crippen LogP contribution in [0.25, 0.3) is 0 Å². The highest BCUT2D eigenvalue weighted by molar-refractivity contribution is 14.1. The van der Waals surface area contributed by atoms with Gasteiger partial charge in [0.25, 0.3) is 0 Å². The van der Waals surface area contributed by atoms with Gasteiger partial charge in [-0.1, -0.05) is 40.2 Å². The van der Waals surface area contributed by atoms with Crippen LogP contribution in [0.2, 0.25) is 0 Å². The highest BCUT2D eigenvalue weighted by Crippen LogP contribution is 2.21. The van der Waals surface area contributed by atoms with Gasteiger partial charge in [0.15, 0.2) is 0 Å². The monoisotopic (exact) mass is 415 g/mol. The normalized spacial score (nSPS) is 12.4. The molecule has 0 radical (unpaired) electrons. The largest absolute Gasteiger partial charge is 0.313 e. The minimum atomic E-state index is 0.358. The fourth-order valence-corrected chi connectivity index (χ4v) is 2.79. The number of nitrogens with one attached hydrogen (secondary N) is 1. The molecule has 0 saturated heterocycles. The summed E-state index contributed by atoms with van der Waals surface area (Å²) in [7, 11) is 2.01. The van der Waals surface area contributed by atoms with E-state index in [1.54, 1.807) is 0 Å². The minimum absolute atomic E-state index is 0.358. The van der Waals surface area contributed by atoms with Gasteiger partial charge in [-0.15, -0.1) is 0 Å². The van der Waals surface area contributed by atoms with Crippen LogP contribution < -0.4 is 5.32 Å². The molecule has 1 nitrogen and oxygen atoms in total. The van der Waals surface area contributed by atoms with Crippen LogP contribution in [0.1, 0.15) is 17.2 Å². The summed E-state index contributed by atoms with van der Waals surface area (Å²) in [5.74, 6) is 0. The average molecular weight is 416 g/mol. The molecule has 0 heterocycles. The summed E-state index contributed by atoms with van der Waals surface area (Å²) in [5, 5.41) is 3.39. The molecule has 2 aromatic carbocycles. The number of halogens is 2. The van der Waals surface area contributed by atoms with Crippen LogP contribution in [0.15, 0.2) is 53.0 Å². The molecule has 0 bridgehead atoms. The maximum atomic E-state index is 3.52. The lowest BCUT2D eigenvalue weighted by Gasteiger charge is -2.17. The van der Waals surface area contributed by atoms with Crippen molar-refractivity contribution in [2.75, 3.05) is 7.05 Å². The summed E-state index contributed by atoms with van der Waals surface area (Å²) in [6.07, 6.45) is 0.997. The minimum Gasteiger partial charge on any atom is -0.313 e. The summed E-state index contributed by atoms with van der Waals surface area (Å²) in [6.45, 7) is 0. The van der Waals surface area contributed by atoms with Gasteiger partial charge in [-0.3, -0.25) is 0 Å². The van der Waals surface area contributed by atoms with Crippen molar-refractivity contribution in [3.63, 3.8) is 0 Å². The van der Waals surface area contributed by atoms with Gasteiger partial charge in [-0.2, -0.15) is 0 Å². The molecule has 1 atom stereocenters. The van der Waals surface area contributed by atoms with E-state index < -0.39 is 0 Å². The van der Waals surface area contributed by atoms with E-state index >= 15 is 0 Å². The lowest BCUT2D eigenvalue weighted by atomic mass is 9.99. The molecule has 0 fully saturated rings. The third-order valence-corrected chi connectivity index (χ3v) is 4.16. The highest BCUT2D eigenvalue weighted by Gasteiger charge is 2.10. The summed E-state index contributed by atoms with van der Waals surface area (Å²) in [4.78, 5) is 0. The van der Waals surface area contributed by atoms with Gasteiger partial charge in [0, 0.05) is 14.1 Å². The Morgan fingerprint density at radius 3 is 2.50 bits per heavy atom. The molecule has 2 aromatic rings. The number of likely N-dealkylation sites (N-methyl/N-ethyl adjacent to an activating group) is 1. The molecule has 0 aliphatic carbocycles. The smallest absolute Gasteiger partial charge is 0.0358 e. The maximum absolute atomic E-state index is 3.52. The molecule has 18 heavy (non-hydrogen) atoms. The van der Waals surface area contributed by atoms with Crippen molar-refractivity contribution in [1.82, 2.24) is 5.32 Å². The summed E-state index contributed by atoms with van der Waals surface area (Å²) >= 11 is 5.85. The molecular formula is C15H15BrIN. The second kappa shape index (κ2) is 6.68. The standard InChI is InChI=1S/C15H15BrIN/c1-18-15(12-5-7-14(17)8-6-12)10-11-3-2-4-13(16)9-11/h2-9,15,18H,10H2,1H3. The molecule has 3 heteroatoms. The first-order valence-corrected chi connectivity index (χ1v) is 7.73. The zero-order valence-corrected chi connectivity index (χ0v) is 13.9. The van der Waals surface area contributed by atoms with Crippen molar-refractivity contribution in [2.45, 2.75) is 12.5 Å². The molecule has 0 aromatic heterocycles. The number of hydrogen-bond acceptors (Lipinski definition) is 1. The van der Waals surface area contributed by atoms with E-state index in [-0.39, 0.29) is 0 Å². The Labute approximate surface area is 130 Å². The molecule has 1 N–H and O–H groups in total. The molecule has 0 spiro atoms. The van der Waals surface area contributed by atoms with E-state index in [0.29, 0.717) is 6.04 Å². The maximum Gasteiger partial charge on any atom is 0.0358 e. The Bertz CT molecular complexity index is 510. The third kappa shape index (κ3) is 3.80. The Morgan fingerprint density at radius 1 is 1.17 bits per heavy atom. The second-order valence-electron chi connectivity index (χ2n) is 4.23. The first kappa shape index (κ1) is 14.0. The van der Waals surface area contributed by atoms with E-state index in [1.807, 2.05) is 7.05 Å². The molecule has 0 aliphatic heterocycles. The molecule has 1 unspecified atom stereocenters. The fourth-order valence-electron chi connectivity index (χ4n) is 1.98. The second-order valence-corrected chi connectivity index (χ2v) is 6.39. The quantitative estimate of drug-likeness (QED) is 0.722. The van der Waals surface area contributed by atoms with E-state index in [1.165, 1.54) is 14.7 Å². The first-order valence-electron chi connectivity index (χ1n) is 5.86. The lowest BCUT2D eigenvalue weighted by molar-refractivity contribution is 0.592. The van der Waals surface area contributed by atoms with E-state index in [0.717, 1.165) is 10.9 Å². The molecule has 0 aliphatic rings. The third-order valence-electron chi connectivity index (χ3n) is 2.95. The molecule has 2 rings (SSSR count). The van der Waals surface area contributed by atoms with Crippen molar-refractivity contribution in [3.05, 3.63) is 67.7 Å². The van der Waals surface area contributed by atoms with Crippen LogP contribution in [0.4, 0.5) is 0 Å². The lowest BCUT2D eigenvalue weighted by Crippen LogP contribution is -2.18. The van der Waals surface area contributed by atoms with Gasteiger partial charge >= 0.3 is 0 Å². The van der Waals surface area contributed by atoms with Gasteiger partial charge in [-0.05, 0) is 71.5 Å². The van der Waals surface area contributed by atoms with Gasteiger partial charge in [0.1, 0.15) is 0 Å². The molecular weight excluding hydrogens is 401 g/mol. The van der Waals surface area contributed by atoms with Crippen LogP contribution in [-0.4, -0.2) is 7.05 Å². The van der Waals surface area contributed by atoms with E-state index in [4.69, 9.17) is 0 Å². The van der Waals surface area contributed by atoms with Gasteiger partial charge in [0.2, 0.25) is 0 Å². The van der Waals surface area contributed by atoms with Crippen LogP contribution in [-0.2, 0) is 6.42 Å². The summed E-state index contributed by atoms with van der Waals surface area (Å²) in [6, 6.07) is 17.5. The summed E-state index contributed by atoms with van der Waals surface area (Å²) < 4.78 is 2.41. The zero-order valence-electron chi connectivity index (χ0n) is 10.2. The Morgan fingerprint density at radius 2 is 1.89 bits per heavy atom. The van der Waals surface area contributed by atoms with Gasteiger partial charge in [-0.25, -0.2) is 0 Å². The van der Waals surface area contributed by atoms with Crippen LogP contribution >= 0.6 is 38.5 Å². The van der Waals surface area contributed by atoms with E-state index in [9.17, 15) is 0 Å². The summed E-state index contributed by atoms with van der Waals surface area (Å²) in [5.41, 5.74) is 2.67. The van der Waals surface area contributed by atoms with Crippen LogP contribution in [0, 0.1) is 3.57 Å². The average Bonchev–Trinajstić information content (AvgIpc) is 2.37. The van der Waals surface area contributed by atoms with Crippen LogP contribution in [0.5, 0.6) is 0 Å².